The Kier molecular flexibility index (Phi) is 7.99. The summed E-state index contributed by atoms with van der Waals surface area (Å²) in [6, 6.07) is 13.4. The summed E-state index contributed by atoms with van der Waals surface area (Å²) in [6.07, 6.45) is 3.62. The summed E-state index contributed by atoms with van der Waals surface area (Å²) in [6.45, 7) is 3.48. The van der Waals surface area contributed by atoms with Gasteiger partial charge in [0.25, 0.3) is 0 Å². The maximum absolute atomic E-state index is 13.1. The molecule has 1 saturated heterocycles. The second-order valence-corrected chi connectivity index (χ2v) is 8.33. The van der Waals surface area contributed by atoms with E-state index >= 15 is 0 Å². The Bertz CT molecular complexity index is 1030. The molecule has 0 unspecified atom stereocenters. The van der Waals surface area contributed by atoms with E-state index in [1.807, 2.05) is 35.1 Å². The van der Waals surface area contributed by atoms with Gasteiger partial charge in [0.05, 0.1) is 26.9 Å². The Hall–Kier alpha value is -3.14. The van der Waals surface area contributed by atoms with Crippen molar-refractivity contribution in [1.82, 2.24) is 14.7 Å². The molecule has 0 aliphatic carbocycles. The van der Waals surface area contributed by atoms with Crippen molar-refractivity contribution in [2.45, 2.75) is 18.7 Å². The van der Waals surface area contributed by atoms with Crippen molar-refractivity contribution in [1.29, 1.82) is 0 Å². The number of ether oxygens (including phenoxy) is 4. The van der Waals surface area contributed by atoms with Crippen molar-refractivity contribution >= 4 is 0 Å². The first kappa shape index (κ1) is 24.0. The highest BCUT2D eigenvalue weighted by Crippen LogP contribution is 2.29. The zero-order chi connectivity index (χ0) is 23.8. The molecule has 1 aliphatic heterocycles. The van der Waals surface area contributed by atoms with Gasteiger partial charge < -0.3 is 24.1 Å². The highest BCUT2D eigenvalue weighted by molar-refractivity contribution is 5.43. The molecule has 1 aliphatic rings. The lowest BCUT2D eigenvalue weighted by Gasteiger charge is -2.30. The van der Waals surface area contributed by atoms with Gasteiger partial charge in [0.2, 0.25) is 0 Å². The maximum atomic E-state index is 13.1. The van der Waals surface area contributed by atoms with Crippen LogP contribution in [0.2, 0.25) is 0 Å². The van der Waals surface area contributed by atoms with Gasteiger partial charge in [0.15, 0.2) is 11.5 Å². The lowest BCUT2D eigenvalue weighted by Crippen LogP contribution is -2.48. The summed E-state index contributed by atoms with van der Waals surface area (Å²) in [5.74, 6) is 1.49. The zero-order valence-corrected chi connectivity index (χ0v) is 19.2. The minimum Gasteiger partial charge on any atom is -0.493 e. The maximum Gasteiger partial charge on any atom is 0.161 e. The van der Waals surface area contributed by atoms with E-state index in [1.165, 1.54) is 12.1 Å². The third-order valence-corrected chi connectivity index (χ3v) is 5.53. The molecule has 0 saturated carbocycles. The first-order valence-electron chi connectivity index (χ1n) is 11.2. The Labute approximate surface area is 198 Å². The molecule has 0 spiro atoms. The molecule has 8 nitrogen and oxygen atoms in total. The fraction of sp³-hybridized carbons (Fsp3) is 0.400. The normalized spacial score (nSPS) is 18.9. The van der Waals surface area contributed by atoms with Crippen LogP contribution in [0.3, 0.4) is 0 Å². The molecular weight excluding hydrogens is 441 g/mol. The van der Waals surface area contributed by atoms with E-state index < -0.39 is 5.60 Å². The molecule has 9 heteroatoms. The predicted octanol–water partition coefficient (Wildman–Crippen LogP) is 2.75. The number of aliphatic hydroxyl groups is 1. The fourth-order valence-electron chi connectivity index (χ4n) is 3.84. The summed E-state index contributed by atoms with van der Waals surface area (Å²) >= 11 is 0. The molecule has 34 heavy (non-hydrogen) atoms. The van der Waals surface area contributed by atoms with Crippen molar-refractivity contribution in [2.75, 3.05) is 46.6 Å². The van der Waals surface area contributed by atoms with Crippen LogP contribution in [0.5, 0.6) is 17.2 Å². The van der Waals surface area contributed by atoms with Crippen LogP contribution in [0.25, 0.3) is 0 Å². The summed E-state index contributed by atoms with van der Waals surface area (Å²) in [5.41, 5.74) is -0.162. The van der Waals surface area contributed by atoms with Crippen molar-refractivity contribution < 1.29 is 28.4 Å². The quantitative estimate of drug-likeness (QED) is 0.487. The Balaban J connectivity index is 1.34. The van der Waals surface area contributed by atoms with Gasteiger partial charge in [-0.05, 0) is 48.0 Å². The Morgan fingerprint density at radius 3 is 2.76 bits per heavy atom. The molecule has 3 aromatic rings. The van der Waals surface area contributed by atoms with Crippen LogP contribution >= 0.6 is 0 Å². The molecular formula is C25H30FN3O5. The van der Waals surface area contributed by atoms with E-state index in [2.05, 4.69) is 10.00 Å². The molecule has 1 aromatic heterocycles. The van der Waals surface area contributed by atoms with Gasteiger partial charge >= 0.3 is 0 Å². The highest BCUT2D eigenvalue weighted by atomic mass is 19.1. The van der Waals surface area contributed by atoms with Crippen molar-refractivity contribution in [3.63, 3.8) is 0 Å². The van der Waals surface area contributed by atoms with Crippen LogP contribution < -0.4 is 14.2 Å². The van der Waals surface area contributed by atoms with Crippen LogP contribution in [-0.4, -0.2) is 72.0 Å². The SMILES string of the molecule is COc1cc(CN2CCOC[C@@](O)(COc3ccc(F)cc3)C2)ccc1OCCn1cccn1. The second-order valence-electron chi connectivity index (χ2n) is 8.33. The number of halogens is 1. The smallest absolute Gasteiger partial charge is 0.161 e. The van der Waals surface area contributed by atoms with Gasteiger partial charge in [-0.1, -0.05) is 6.07 Å². The van der Waals surface area contributed by atoms with Gasteiger partial charge in [-0.25, -0.2) is 4.39 Å². The Morgan fingerprint density at radius 2 is 2.00 bits per heavy atom. The van der Waals surface area contributed by atoms with Gasteiger partial charge in [0.1, 0.15) is 30.4 Å². The minimum atomic E-state index is -1.19. The molecule has 4 rings (SSSR count). The first-order valence-corrected chi connectivity index (χ1v) is 11.2. The molecule has 2 aromatic carbocycles. The summed E-state index contributed by atoms with van der Waals surface area (Å²) < 4.78 is 37.7. The largest absolute Gasteiger partial charge is 0.493 e. The standard InChI is InChI=1S/C25H30FN3O5/c1-31-24-15-20(3-8-23(24)33-14-12-29-10-2-9-27-29)16-28-11-13-32-18-25(30,17-28)19-34-22-6-4-21(26)5-7-22/h2-10,15,30H,11-14,16-19H2,1H3/t25-/m1/s1. The summed E-state index contributed by atoms with van der Waals surface area (Å²) in [4.78, 5) is 2.12. The van der Waals surface area contributed by atoms with Crippen molar-refractivity contribution in [3.05, 3.63) is 72.3 Å². The molecule has 182 valence electrons. The van der Waals surface area contributed by atoms with Crippen LogP contribution in [0.1, 0.15) is 5.56 Å². The third-order valence-electron chi connectivity index (χ3n) is 5.53. The fourth-order valence-corrected chi connectivity index (χ4v) is 3.84. The average molecular weight is 472 g/mol. The molecule has 1 fully saturated rings. The molecule has 0 bridgehead atoms. The second kappa shape index (κ2) is 11.3. The number of benzene rings is 2. The van der Waals surface area contributed by atoms with Crippen LogP contribution in [0, 0.1) is 5.82 Å². The lowest BCUT2D eigenvalue weighted by atomic mass is 10.1. The summed E-state index contributed by atoms with van der Waals surface area (Å²) in [5, 5.41) is 15.3. The van der Waals surface area contributed by atoms with Crippen molar-refractivity contribution in [2.24, 2.45) is 0 Å². The van der Waals surface area contributed by atoms with E-state index in [0.717, 1.165) is 5.56 Å². The number of hydrogen-bond donors (Lipinski definition) is 1. The average Bonchev–Trinajstić information content (AvgIpc) is 3.29. The number of aromatic nitrogens is 2. The van der Waals surface area contributed by atoms with Gasteiger partial charge in [-0.3, -0.25) is 9.58 Å². The van der Waals surface area contributed by atoms with Crippen LogP contribution in [-0.2, 0) is 17.8 Å². The zero-order valence-electron chi connectivity index (χ0n) is 19.2. The number of rotatable bonds is 10. The lowest BCUT2D eigenvalue weighted by molar-refractivity contribution is -0.0646. The monoisotopic (exact) mass is 471 g/mol. The van der Waals surface area contributed by atoms with Gasteiger partial charge in [-0.15, -0.1) is 0 Å². The van der Waals surface area contributed by atoms with Crippen molar-refractivity contribution in [3.8, 4) is 17.2 Å². The number of methoxy groups -OCH3 is 1. The van der Waals surface area contributed by atoms with E-state index in [4.69, 9.17) is 18.9 Å². The van der Waals surface area contributed by atoms with E-state index in [9.17, 15) is 9.50 Å². The first-order chi connectivity index (χ1) is 16.5. The van der Waals surface area contributed by atoms with E-state index in [1.54, 1.807) is 25.4 Å². The Morgan fingerprint density at radius 1 is 1.15 bits per heavy atom. The highest BCUT2D eigenvalue weighted by Gasteiger charge is 2.33. The van der Waals surface area contributed by atoms with E-state index in [-0.39, 0.29) is 19.0 Å². The number of β-amino-alcohol motifs (C(OH)–C–C–N with tert-alkyl or cyclic N) is 1. The predicted molar refractivity (Wildman–Crippen MR) is 124 cm³/mol. The molecule has 1 atom stereocenters. The number of hydrogen-bond acceptors (Lipinski definition) is 7. The molecule has 0 radical (unpaired) electrons. The summed E-state index contributed by atoms with van der Waals surface area (Å²) in [7, 11) is 1.62. The molecule has 0 amide bonds. The number of nitrogens with zero attached hydrogens (tertiary/aromatic N) is 3. The minimum absolute atomic E-state index is 0.0431. The van der Waals surface area contributed by atoms with Crippen LogP contribution in [0.4, 0.5) is 4.39 Å². The third kappa shape index (κ3) is 6.69. The van der Waals surface area contributed by atoms with Gasteiger partial charge in [-0.2, -0.15) is 5.10 Å². The topological polar surface area (TPSA) is 78.2 Å². The van der Waals surface area contributed by atoms with Gasteiger partial charge in [0, 0.05) is 32.0 Å². The van der Waals surface area contributed by atoms with E-state index in [0.29, 0.717) is 56.6 Å². The van der Waals surface area contributed by atoms with Crippen LogP contribution in [0.15, 0.2) is 60.9 Å². The molecule has 2 heterocycles. The molecule has 1 N–H and O–H groups in total.